The number of allylic oxidation sites excluding steroid dienone is 1. The highest BCUT2D eigenvalue weighted by Crippen LogP contribution is 2.44. The van der Waals surface area contributed by atoms with Crippen LogP contribution >= 0.6 is 11.6 Å². The van der Waals surface area contributed by atoms with Gasteiger partial charge in [-0.25, -0.2) is 13.2 Å². The van der Waals surface area contributed by atoms with Crippen molar-refractivity contribution in [3.8, 4) is 5.75 Å². The molecular formula is C25H26ClF3O3. The number of halogens is 4. The fraction of sp³-hybridized carbons (Fsp3) is 0.400. The number of hydrogen-bond donors (Lipinski definition) is 1. The molecule has 0 aliphatic heterocycles. The zero-order chi connectivity index (χ0) is 23.5. The zero-order valence-corrected chi connectivity index (χ0v) is 18.8. The maximum absolute atomic E-state index is 15.2. The van der Waals surface area contributed by atoms with Crippen LogP contribution in [0, 0.1) is 0 Å². The van der Waals surface area contributed by atoms with E-state index >= 15 is 4.39 Å². The summed E-state index contributed by atoms with van der Waals surface area (Å²) in [5.41, 5.74) is 0.358. The van der Waals surface area contributed by atoms with Crippen LogP contribution in [0.4, 0.5) is 13.2 Å². The summed E-state index contributed by atoms with van der Waals surface area (Å²) in [6, 6.07) is 11.9. The second-order valence-corrected chi connectivity index (χ2v) is 8.77. The molecular weight excluding hydrogens is 441 g/mol. The van der Waals surface area contributed by atoms with Gasteiger partial charge in [-0.1, -0.05) is 29.8 Å². The summed E-state index contributed by atoms with van der Waals surface area (Å²) in [5, 5.41) is 9.60. The average Bonchev–Trinajstić information content (AvgIpc) is 3.19. The molecule has 0 spiro atoms. The molecule has 1 N–H and O–H groups in total. The van der Waals surface area contributed by atoms with Crippen LogP contribution in [0.25, 0.3) is 5.57 Å². The molecule has 0 amide bonds. The van der Waals surface area contributed by atoms with Crippen LogP contribution in [0.2, 0.25) is 5.02 Å². The van der Waals surface area contributed by atoms with Crippen LogP contribution in [0.3, 0.4) is 0 Å². The number of rotatable bonds is 9. The van der Waals surface area contributed by atoms with E-state index in [-0.39, 0.29) is 36.3 Å². The number of aryl methyl sites for hydroxylation is 1. The fourth-order valence-corrected chi connectivity index (χ4v) is 4.04. The summed E-state index contributed by atoms with van der Waals surface area (Å²) < 4.78 is 49.2. The van der Waals surface area contributed by atoms with Gasteiger partial charge in [0.25, 0.3) is 5.92 Å². The second kappa shape index (κ2) is 9.57. The molecule has 0 saturated heterocycles. The molecule has 1 aliphatic rings. The molecule has 0 aromatic heterocycles. The Morgan fingerprint density at radius 3 is 2.41 bits per heavy atom. The number of alkyl halides is 3. The van der Waals surface area contributed by atoms with Gasteiger partial charge in [-0.05, 0) is 79.1 Å². The van der Waals surface area contributed by atoms with Crippen molar-refractivity contribution < 1.29 is 27.8 Å². The third-order valence-electron chi connectivity index (χ3n) is 5.96. The van der Waals surface area contributed by atoms with E-state index in [2.05, 4.69) is 0 Å². The fourth-order valence-electron chi connectivity index (χ4n) is 3.91. The van der Waals surface area contributed by atoms with Crippen LogP contribution in [0.15, 0.2) is 48.0 Å². The molecule has 1 unspecified atom stereocenters. The van der Waals surface area contributed by atoms with Crippen molar-refractivity contribution in [1.82, 2.24) is 0 Å². The van der Waals surface area contributed by atoms with Gasteiger partial charge in [0.15, 0.2) is 5.67 Å². The van der Waals surface area contributed by atoms with E-state index in [1.54, 1.807) is 6.07 Å². The van der Waals surface area contributed by atoms with Crippen LogP contribution < -0.4 is 4.74 Å². The van der Waals surface area contributed by atoms with Gasteiger partial charge >= 0.3 is 5.97 Å². The maximum atomic E-state index is 15.2. The van der Waals surface area contributed by atoms with E-state index in [1.807, 2.05) is 24.3 Å². The van der Waals surface area contributed by atoms with E-state index in [0.29, 0.717) is 11.9 Å². The van der Waals surface area contributed by atoms with Gasteiger partial charge in [0.2, 0.25) is 0 Å². The SMILES string of the molecule is CC(F)(F)C(C)(F)c1cc(OCC2=C(c3ccc(Cl)cc3)CCC2)ccc1CCC(=O)O. The topological polar surface area (TPSA) is 46.5 Å². The number of aliphatic carboxylic acids is 1. The summed E-state index contributed by atoms with van der Waals surface area (Å²) in [6.07, 6.45) is 2.42. The summed E-state index contributed by atoms with van der Waals surface area (Å²) in [4.78, 5) is 10.9. The van der Waals surface area contributed by atoms with Crippen LogP contribution in [-0.4, -0.2) is 23.6 Å². The predicted molar refractivity (Wildman–Crippen MR) is 119 cm³/mol. The third-order valence-corrected chi connectivity index (χ3v) is 6.21. The van der Waals surface area contributed by atoms with Crippen molar-refractivity contribution in [2.24, 2.45) is 0 Å². The van der Waals surface area contributed by atoms with E-state index < -0.39 is 17.6 Å². The van der Waals surface area contributed by atoms with Crippen molar-refractivity contribution in [1.29, 1.82) is 0 Å². The third kappa shape index (κ3) is 5.47. The molecule has 0 heterocycles. The minimum atomic E-state index is -3.65. The highest BCUT2D eigenvalue weighted by Gasteiger charge is 2.49. The molecule has 3 nitrogen and oxygen atoms in total. The smallest absolute Gasteiger partial charge is 0.303 e. The maximum Gasteiger partial charge on any atom is 0.303 e. The highest BCUT2D eigenvalue weighted by molar-refractivity contribution is 6.30. The number of carboxylic acids is 1. The molecule has 0 saturated carbocycles. The van der Waals surface area contributed by atoms with E-state index in [0.717, 1.165) is 37.3 Å². The van der Waals surface area contributed by atoms with Crippen molar-refractivity contribution in [2.75, 3.05) is 6.61 Å². The Morgan fingerprint density at radius 2 is 1.78 bits per heavy atom. The Hall–Kier alpha value is -2.47. The van der Waals surface area contributed by atoms with Crippen LogP contribution in [0.1, 0.15) is 56.2 Å². The van der Waals surface area contributed by atoms with Gasteiger partial charge in [0.05, 0.1) is 0 Å². The first-order chi connectivity index (χ1) is 15.0. The molecule has 0 radical (unpaired) electrons. The lowest BCUT2D eigenvalue weighted by molar-refractivity contribution is -0.137. The zero-order valence-electron chi connectivity index (χ0n) is 18.1. The molecule has 0 bridgehead atoms. The van der Waals surface area contributed by atoms with Crippen molar-refractivity contribution in [3.63, 3.8) is 0 Å². The first kappa shape index (κ1) is 24.2. The molecule has 2 aromatic carbocycles. The Bertz CT molecular complexity index is 1010. The van der Waals surface area contributed by atoms with E-state index in [1.165, 1.54) is 17.7 Å². The van der Waals surface area contributed by atoms with E-state index in [4.69, 9.17) is 21.4 Å². The van der Waals surface area contributed by atoms with Gasteiger partial charge in [0.1, 0.15) is 12.4 Å². The predicted octanol–water partition coefficient (Wildman–Crippen LogP) is 7.21. The van der Waals surface area contributed by atoms with Crippen LogP contribution in [0.5, 0.6) is 5.75 Å². The monoisotopic (exact) mass is 466 g/mol. The normalized spacial score (nSPS) is 16.2. The van der Waals surface area contributed by atoms with Gasteiger partial charge in [0, 0.05) is 23.9 Å². The standard InChI is InChI=1S/C25H26ClF3O3/c1-24(27,25(2,28)29)22-14-20(12-8-17(22)9-13-23(30)31)32-15-18-4-3-5-21(18)16-6-10-19(26)11-7-16/h6-8,10-12,14H,3-5,9,13,15H2,1-2H3,(H,30,31). The van der Waals surface area contributed by atoms with Gasteiger partial charge in [-0.3, -0.25) is 4.79 Å². The summed E-state index contributed by atoms with van der Waals surface area (Å²) in [5.74, 6) is -4.47. The molecule has 2 aromatic rings. The van der Waals surface area contributed by atoms with E-state index in [9.17, 15) is 13.6 Å². The average molecular weight is 467 g/mol. The molecule has 32 heavy (non-hydrogen) atoms. The minimum Gasteiger partial charge on any atom is -0.489 e. The quantitative estimate of drug-likeness (QED) is 0.424. The van der Waals surface area contributed by atoms with Crippen LogP contribution in [-0.2, 0) is 16.9 Å². The lowest BCUT2D eigenvalue weighted by Gasteiger charge is -2.30. The Balaban J connectivity index is 1.86. The van der Waals surface area contributed by atoms with Crippen molar-refractivity contribution in [3.05, 3.63) is 69.8 Å². The molecule has 172 valence electrons. The second-order valence-electron chi connectivity index (χ2n) is 8.34. The molecule has 7 heteroatoms. The number of ether oxygens (including phenoxy) is 1. The lowest BCUT2D eigenvalue weighted by Crippen LogP contribution is -2.37. The van der Waals surface area contributed by atoms with Crippen molar-refractivity contribution >= 4 is 23.1 Å². The summed E-state index contributed by atoms with van der Waals surface area (Å²) in [7, 11) is 0. The summed E-state index contributed by atoms with van der Waals surface area (Å²) >= 11 is 5.97. The summed E-state index contributed by atoms with van der Waals surface area (Å²) in [6.45, 7) is 1.59. The largest absolute Gasteiger partial charge is 0.489 e. The number of carboxylic acid groups (broad SMARTS) is 1. The first-order valence-corrected chi connectivity index (χ1v) is 10.9. The number of carbonyl (C=O) groups is 1. The number of hydrogen-bond acceptors (Lipinski definition) is 2. The van der Waals surface area contributed by atoms with Gasteiger partial charge < -0.3 is 9.84 Å². The minimum absolute atomic E-state index is 0.0492. The molecule has 3 rings (SSSR count). The van der Waals surface area contributed by atoms with Crippen molar-refractivity contribution in [2.45, 2.75) is 57.5 Å². The Kier molecular flexibility index (Phi) is 7.23. The lowest BCUT2D eigenvalue weighted by atomic mass is 9.86. The molecule has 1 aliphatic carbocycles. The van der Waals surface area contributed by atoms with Gasteiger partial charge in [-0.15, -0.1) is 0 Å². The first-order valence-electron chi connectivity index (χ1n) is 10.5. The highest BCUT2D eigenvalue weighted by atomic mass is 35.5. The Labute approximate surface area is 190 Å². The molecule has 1 atom stereocenters. The number of benzene rings is 2. The van der Waals surface area contributed by atoms with Gasteiger partial charge in [-0.2, -0.15) is 0 Å². The molecule has 0 fully saturated rings. The Morgan fingerprint density at radius 1 is 1.09 bits per heavy atom.